The zero-order valence-corrected chi connectivity index (χ0v) is 18.2. The van der Waals surface area contributed by atoms with E-state index in [1.807, 2.05) is 57.1 Å². The van der Waals surface area contributed by atoms with Crippen LogP contribution in [0.4, 0.5) is 5.69 Å². The minimum absolute atomic E-state index is 0.867. The summed E-state index contributed by atoms with van der Waals surface area (Å²) in [6, 6.07) is 16.5. The highest BCUT2D eigenvalue weighted by atomic mass is 15.1. The van der Waals surface area contributed by atoms with Gasteiger partial charge in [0, 0.05) is 54.6 Å². The number of aromatic amines is 2. The molecule has 0 atom stereocenters. The van der Waals surface area contributed by atoms with Crippen LogP contribution in [-0.4, -0.2) is 44.2 Å². The molecule has 0 aliphatic carbocycles. The highest BCUT2D eigenvalue weighted by Crippen LogP contribution is 2.34. The van der Waals surface area contributed by atoms with Gasteiger partial charge in [-0.15, -0.1) is 0 Å². The smallest absolute Gasteiger partial charge is 0.116 e. The second-order valence-corrected chi connectivity index (χ2v) is 8.21. The van der Waals surface area contributed by atoms with Crippen molar-refractivity contribution >= 4 is 27.5 Å². The summed E-state index contributed by atoms with van der Waals surface area (Å²) in [5.41, 5.74) is 8.82. The first-order chi connectivity index (χ1) is 16.2. The second kappa shape index (κ2) is 7.56. The van der Waals surface area contributed by atoms with Gasteiger partial charge in [0.15, 0.2) is 0 Å². The molecule has 7 nitrogen and oxygen atoms in total. The largest absolute Gasteiger partial charge is 0.376 e. The van der Waals surface area contributed by atoms with Crippen molar-refractivity contribution in [2.24, 2.45) is 0 Å². The molecular weight excluding hydrogens is 410 g/mol. The number of nitrogens with one attached hydrogen (secondary N) is 2. The number of benzene rings is 1. The molecule has 6 rings (SSSR count). The summed E-state index contributed by atoms with van der Waals surface area (Å²) in [7, 11) is 4.03. The Morgan fingerprint density at radius 3 is 2.55 bits per heavy atom. The van der Waals surface area contributed by atoms with Gasteiger partial charge in [-0.05, 0) is 42.0 Å². The Balaban J connectivity index is 1.48. The van der Waals surface area contributed by atoms with Crippen molar-refractivity contribution in [3.63, 3.8) is 0 Å². The lowest BCUT2D eigenvalue weighted by Gasteiger charge is -2.13. The number of nitrogens with zero attached hydrogens (tertiary/aromatic N) is 5. The minimum Gasteiger partial charge on any atom is -0.376 e. The highest BCUT2D eigenvalue weighted by Gasteiger charge is 2.15. The molecule has 0 saturated heterocycles. The van der Waals surface area contributed by atoms with Gasteiger partial charge in [-0.3, -0.25) is 20.1 Å². The predicted molar refractivity (Wildman–Crippen MR) is 132 cm³/mol. The van der Waals surface area contributed by atoms with E-state index in [2.05, 4.69) is 65.4 Å². The maximum atomic E-state index is 4.63. The zero-order chi connectivity index (χ0) is 22.4. The summed E-state index contributed by atoms with van der Waals surface area (Å²) < 4.78 is 0. The van der Waals surface area contributed by atoms with Crippen LogP contribution in [0.5, 0.6) is 0 Å². The molecule has 5 heterocycles. The molecule has 0 fully saturated rings. The molecule has 0 saturated carbocycles. The van der Waals surface area contributed by atoms with E-state index in [1.54, 1.807) is 6.20 Å². The molecule has 33 heavy (non-hydrogen) atoms. The molecule has 0 aliphatic heterocycles. The third-order valence-corrected chi connectivity index (χ3v) is 5.88. The Morgan fingerprint density at radius 1 is 0.788 bits per heavy atom. The van der Waals surface area contributed by atoms with Crippen LogP contribution in [0, 0.1) is 0 Å². The summed E-state index contributed by atoms with van der Waals surface area (Å²) in [5, 5.41) is 9.90. The van der Waals surface area contributed by atoms with Crippen molar-refractivity contribution in [3.8, 4) is 33.8 Å². The molecule has 2 N–H and O–H groups in total. The fraction of sp³-hybridized carbons (Fsp3) is 0.0769. The van der Waals surface area contributed by atoms with Crippen molar-refractivity contribution in [2.45, 2.75) is 0 Å². The number of hydrogen-bond donors (Lipinski definition) is 2. The van der Waals surface area contributed by atoms with E-state index in [0.717, 1.165) is 61.3 Å². The Bertz CT molecular complexity index is 1600. The van der Waals surface area contributed by atoms with Crippen molar-refractivity contribution in [3.05, 3.63) is 79.5 Å². The molecule has 5 aromatic heterocycles. The molecule has 160 valence electrons. The van der Waals surface area contributed by atoms with E-state index < -0.39 is 0 Å². The average molecular weight is 432 g/mol. The molecule has 0 bridgehead atoms. The van der Waals surface area contributed by atoms with Crippen LogP contribution in [0.2, 0.25) is 0 Å². The van der Waals surface area contributed by atoms with E-state index in [9.17, 15) is 0 Å². The van der Waals surface area contributed by atoms with E-state index in [0.29, 0.717) is 0 Å². The fourth-order valence-corrected chi connectivity index (χ4v) is 4.13. The lowest BCUT2D eigenvalue weighted by atomic mass is 10.0. The average Bonchev–Trinajstić information content (AvgIpc) is 3.48. The molecule has 0 aliphatic rings. The Morgan fingerprint density at radius 2 is 1.70 bits per heavy atom. The first-order valence-electron chi connectivity index (χ1n) is 10.7. The maximum absolute atomic E-state index is 4.63. The molecule has 7 heteroatoms. The molecule has 0 radical (unpaired) electrons. The number of fused-ring (bicyclic) bond motifs is 2. The minimum atomic E-state index is 0.867. The van der Waals surface area contributed by atoms with Gasteiger partial charge in [-0.1, -0.05) is 12.1 Å². The quantitative estimate of drug-likeness (QED) is 0.396. The standard InChI is InChI=1S/C26H21N7/c1-33(2)18-9-17(12-27-13-18)16-6-7-23-20(10-16)26(32-31-23)24-11-19-21(14-28-15-25(19)30-24)22-5-3-4-8-29-22/h3-15,30H,1-2H3,(H,31,32). The fourth-order valence-electron chi connectivity index (χ4n) is 4.13. The number of pyridine rings is 3. The Hall–Kier alpha value is -4.52. The number of rotatable bonds is 4. The van der Waals surface area contributed by atoms with Gasteiger partial charge in [0.25, 0.3) is 0 Å². The van der Waals surface area contributed by atoms with E-state index in [1.165, 1.54) is 0 Å². The van der Waals surface area contributed by atoms with Crippen molar-refractivity contribution in [1.29, 1.82) is 0 Å². The Labute approximate surface area is 190 Å². The van der Waals surface area contributed by atoms with E-state index in [4.69, 9.17) is 0 Å². The van der Waals surface area contributed by atoms with E-state index in [-0.39, 0.29) is 0 Å². The predicted octanol–water partition coefficient (Wildman–Crippen LogP) is 5.30. The third kappa shape index (κ3) is 3.30. The topological polar surface area (TPSA) is 86.4 Å². The van der Waals surface area contributed by atoms with Crippen LogP contribution in [0.3, 0.4) is 0 Å². The van der Waals surface area contributed by atoms with Gasteiger partial charge >= 0.3 is 0 Å². The van der Waals surface area contributed by atoms with E-state index >= 15 is 0 Å². The lowest BCUT2D eigenvalue weighted by molar-refractivity contribution is 1.11. The second-order valence-electron chi connectivity index (χ2n) is 8.21. The van der Waals surface area contributed by atoms with Crippen LogP contribution >= 0.6 is 0 Å². The number of hydrogen-bond acceptors (Lipinski definition) is 5. The maximum Gasteiger partial charge on any atom is 0.116 e. The number of anilines is 1. The first kappa shape index (κ1) is 19.2. The van der Waals surface area contributed by atoms with Crippen molar-refractivity contribution in [1.82, 2.24) is 30.1 Å². The summed E-state index contributed by atoms with van der Waals surface area (Å²) in [6.45, 7) is 0. The summed E-state index contributed by atoms with van der Waals surface area (Å²) in [6.07, 6.45) is 9.24. The molecule has 6 aromatic rings. The molecule has 0 spiro atoms. The van der Waals surface area contributed by atoms with Gasteiger partial charge in [0.1, 0.15) is 5.69 Å². The summed E-state index contributed by atoms with van der Waals surface area (Å²) >= 11 is 0. The summed E-state index contributed by atoms with van der Waals surface area (Å²) in [4.78, 5) is 18.9. The molecule has 1 aromatic carbocycles. The van der Waals surface area contributed by atoms with Gasteiger partial charge < -0.3 is 9.88 Å². The Kier molecular flexibility index (Phi) is 4.40. The molecular formula is C26H21N7. The van der Waals surface area contributed by atoms with Crippen molar-refractivity contribution < 1.29 is 0 Å². The molecule has 0 amide bonds. The van der Waals surface area contributed by atoms with Crippen LogP contribution in [0.25, 0.3) is 55.6 Å². The van der Waals surface area contributed by atoms with Crippen molar-refractivity contribution in [2.75, 3.05) is 19.0 Å². The monoisotopic (exact) mass is 431 g/mol. The van der Waals surface area contributed by atoms with Gasteiger partial charge in [0.05, 0.1) is 40.5 Å². The SMILES string of the molecule is CN(C)c1cncc(-c2ccc3[nH]nc(-c4cc5c(-c6ccccn6)cncc5[nH]4)c3c2)c1. The highest BCUT2D eigenvalue weighted by molar-refractivity contribution is 6.01. The number of H-pyrrole nitrogens is 2. The lowest BCUT2D eigenvalue weighted by Crippen LogP contribution is -2.08. The number of aromatic nitrogens is 6. The van der Waals surface area contributed by atoms with Gasteiger partial charge in [0.2, 0.25) is 0 Å². The van der Waals surface area contributed by atoms with Crippen LogP contribution in [-0.2, 0) is 0 Å². The van der Waals surface area contributed by atoms with Crippen LogP contribution in [0.15, 0.2) is 79.5 Å². The molecule has 0 unspecified atom stereocenters. The normalized spacial score (nSPS) is 11.3. The van der Waals surface area contributed by atoms with Gasteiger partial charge in [-0.25, -0.2) is 0 Å². The zero-order valence-electron chi connectivity index (χ0n) is 18.2. The van der Waals surface area contributed by atoms with Gasteiger partial charge in [-0.2, -0.15) is 5.10 Å². The first-order valence-corrected chi connectivity index (χ1v) is 10.7. The third-order valence-electron chi connectivity index (χ3n) is 5.88. The van der Waals surface area contributed by atoms with Crippen LogP contribution < -0.4 is 4.90 Å². The summed E-state index contributed by atoms with van der Waals surface area (Å²) in [5.74, 6) is 0. The van der Waals surface area contributed by atoms with Crippen LogP contribution in [0.1, 0.15) is 0 Å².